The molecule has 0 radical (unpaired) electrons. The summed E-state index contributed by atoms with van der Waals surface area (Å²) in [6, 6.07) is 9.39. The van der Waals surface area contributed by atoms with Gasteiger partial charge in [-0.15, -0.1) is 0 Å². The van der Waals surface area contributed by atoms with Gasteiger partial charge in [0, 0.05) is 19.2 Å². The Hall–Kier alpha value is -3.23. The Balaban J connectivity index is 1.41. The van der Waals surface area contributed by atoms with Crippen molar-refractivity contribution in [1.29, 1.82) is 0 Å². The van der Waals surface area contributed by atoms with Gasteiger partial charge in [0.15, 0.2) is 11.5 Å². The third-order valence-electron chi connectivity index (χ3n) is 9.50. The van der Waals surface area contributed by atoms with Crippen LogP contribution in [0.4, 0.5) is 0 Å². The van der Waals surface area contributed by atoms with Crippen LogP contribution in [0.5, 0.6) is 11.5 Å². The number of carbonyl (C=O) groups excluding carboxylic acids is 2. The monoisotopic (exact) mass is 756 g/mol. The van der Waals surface area contributed by atoms with Crippen molar-refractivity contribution < 1.29 is 39.0 Å². The van der Waals surface area contributed by atoms with E-state index in [0.29, 0.717) is 47.8 Å². The van der Waals surface area contributed by atoms with Crippen LogP contribution >= 0.6 is 22.6 Å². The quantitative estimate of drug-likeness (QED) is 0.0699. The van der Waals surface area contributed by atoms with Crippen LogP contribution in [0.1, 0.15) is 76.0 Å². The van der Waals surface area contributed by atoms with E-state index in [1.54, 1.807) is 12.3 Å². The predicted octanol–water partition coefficient (Wildman–Crippen LogP) is 5.96. The number of amides is 2. The number of pyridine rings is 1. The number of carbonyl (C=O) groups is 3. The first-order valence-electron chi connectivity index (χ1n) is 16.4. The minimum Gasteiger partial charge on any atom is -0.504 e. The molecule has 3 aliphatic rings. The third kappa shape index (κ3) is 7.92. The second kappa shape index (κ2) is 15.8. The summed E-state index contributed by atoms with van der Waals surface area (Å²) in [6.07, 6.45) is 8.66. The van der Waals surface area contributed by atoms with Gasteiger partial charge in [-0.25, -0.2) is 0 Å². The highest BCUT2D eigenvalue weighted by atomic mass is 127. The van der Waals surface area contributed by atoms with E-state index in [-0.39, 0.29) is 42.8 Å². The number of hydrogen-bond acceptors (Lipinski definition) is 8. The summed E-state index contributed by atoms with van der Waals surface area (Å²) in [5, 5.41) is 30.3. The number of rotatable bonds is 14. The molecule has 0 unspecified atom stereocenters. The number of halogens is 1. The first-order valence-corrected chi connectivity index (χ1v) is 17.5. The maximum atomic E-state index is 13.8. The number of nitrogens with zero attached hydrogens (tertiary/aromatic N) is 2. The van der Waals surface area contributed by atoms with E-state index in [2.05, 4.69) is 34.5 Å². The molecule has 1 aliphatic carbocycles. The molecule has 3 heterocycles. The van der Waals surface area contributed by atoms with Gasteiger partial charge >= 0.3 is 13.1 Å². The number of allylic oxidation sites excluding steroid dienone is 2. The fraction of sp³-hybridized carbons (Fsp3) is 0.486. The van der Waals surface area contributed by atoms with Crippen LogP contribution in [0.15, 0.2) is 47.7 Å². The number of methoxy groups -OCH3 is 1. The minimum atomic E-state index is -1.06. The van der Waals surface area contributed by atoms with Gasteiger partial charge in [-0.05, 0) is 120 Å². The largest absolute Gasteiger partial charge is 0.504 e. The fourth-order valence-electron chi connectivity index (χ4n) is 7.46. The number of hydrogen-bond donors (Lipinski definition) is 3. The van der Waals surface area contributed by atoms with Crippen molar-refractivity contribution in [2.45, 2.75) is 77.1 Å². The highest BCUT2D eigenvalue weighted by Gasteiger charge is 2.56. The number of aliphatic carboxylic acids is 1. The number of carboxylic acids is 1. The summed E-state index contributed by atoms with van der Waals surface area (Å²) in [6.45, 7) is 2.39. The fourth-order valence-corrected chi connectivity index (χ4v) is 8.08. The van der Waals surface area contributed by atoms with Gasteiger partial charge in [0.05, 0.1) is 34.3 Å². The molecule has 12 heteroatoms. The molecule has 1 aromatic carbocycles. The van der Waals surface area contributed by atoms with Gasteiger partial charge in [0.2, 0.25) is 11.8 Å². The van der Waals surface area contributed by atoms with E-state index in [1.165, 1.54) is 12.0 Å². The van der Waals surface area contributed by atoms with Gasteiger partial charge in [0.25, 0.3) is 0 Å². The first-order chi connectivity index (χ1) is 22.6. The molecule has 5 rings (SSSR count). The number of carboxylic acid groups (broad SMARTS) is 1. The highest BCUT2D eigenvalue weighted by Crippen LogP contribution is 2.51. The zero-order valence-electron chi connectivity index (χ0n) is 26.9. The normalized spacial score (nSPS) is 22.9. The molecule has 4 atom stereocenters. The molecule has 0 spiro atoms. The summed E-state index contributed by atoms with van der Waals surface area (Å²) in [5.74, 6) is -1.99. The van der Waals surface area contributed by atoms with Crippen molar-refractivity contribution in [3.05, 3.63) is 62.5 Å². The van der Waals surface area contributed by atoms with E-state index >= 15 is 0 Å². The number of aromatic hydroxyl groups is 1. The Bertz CT molecular complexity index is 1550. The predicted molar refractivity (Wildman–Crippen MR) is 186 cm³/mol. The van der Waals surface area contributed by atoms with Crippen molar-refractivity contribution in [3.8, 4) is 11.5 Å². The second-order valence-corrected chi connectivity index (χ2v) is 13.7. The van der Waals surface area contributed by atoms with Crippen LogP contribution in [-0.4, -0.2) is 69.8 Å². The molecule has 47 heavy (non-hydrogen) atoms. The summed E-state index contributed by atoms with van der Waals surface area (Å²) in [7, 11) is 0.453. The molecule has 2 saturated heterocycles. The van der Waals surface area contributed by atoms with Gasteiger partial charge in [-0.3, -0.25) is 24.3 Å². The van der Waals surface area contributed by atoms with Crippen molar-refractivity contribution in [2.24, 2.45) is 17.8 Å². The Labute approximate surface area is 289 Å². The Morgan fingerprint density at radius 3 is 2.68 bits per heavy atom. The molecule has 2 aliphatic heterocycles. The lowest BCUT2D eigenvalue weighted by Gasteiger charge is -2.43. The van der Waals surface area contributed by atoms with Gasteiger partial charge in [-0.2, -0.15) is 0 Å². The maximum Gasteiger partial charge on any atom is 0.455 e. The van der Waals surface area contributed by atoms with E-state index in [9.17, 15) is 24.5 Å². The number of aromatic nitrogens is 1. The standard InChI is InChI=1S/C35H42BIN2O8/c1-3-9-23-19-24-32(35(44)39(34(24)43)15-8-4-5-11-30(40)41)25-20-36(45)47-28(31(23)25)13-12-22(27-10-6-7-14-38-27)16-21-17-26(37)33(42)29(18-21)46-2/h6-7,10,14,16-18,24-25,28,32,42,45H,3-5,8-9,11-13,15,19-20H2,1-2H3,(H,40,41)/b22-16-/t24-,25+,28-,32-/m1/s1. The number of phenols is 1. The minimum absolute atomic E-state index is 0.0713. The zero-order valence-corrected chi connectivity index (χ0v) is 29.0. The van der Waals surface area contributed by atoms with Gasteiger partial charge in [0.1, 0.15) is 0 Å². The van der Waals surface area contributed by atoms with Crippen LogP contribution in [0.3, 0.4) is 0 Å². The number of fused-ring (bicyclic) bond motifs is 3. The molecule has 3 N–H and O–H groups in total. The van der Waals surface area contributed by atoms with Crippen LogP contribution in [0.2, 0.25) is 6.32 Å². The molecule has 0 saturated carbocycles. The Morgan fingerprint density at radius 1 is 1.17 bits per heavy atom. The number of phenolic OH excluding ortho intramolecular Hbond substituents is 1. The van der Waals surface area contributed by atoms with Crippen LogP contribution in [0, 0.1) is 21.3 Å². The first kappa shape index (κ1) is 35.1. The average molecular weight is 756 g/mol. The summed E-state index contributed by atoms with van der Waals surface area (Å²) in [5.41, 5.74) is 4.80. The molecular formula is C35H42BIN2O8. The average Bonchev–Trinajstić information content (AvgIpc) is 3.29. The molecule has 1 aromatic heterocycles. The highest BCUT2D eigenvalue weighted by molar-refractivity contribution is 14.1. The van der Waals surface area contributed by atoms with Crippen molar-refractivity contribution in [2.75, 3.05) is 13.7 Å². The van der Waals surface area contributed by atoms with Gasteiger partial charge in [-0.1, -0.05) is 31.4 Å². The lowest BCUT2D eigenvalue weighted by atomic mass is 9.58. The Morgan fingerprint density at radius 2 is 1.98 bits per heavy atom. The lowest BCUT2D eigenvalue weighted by molar-refractivity contribution is -0.141. The number of ether oxygens (including phenoxy) is 1. The van der Waals surface area contributed by atoms with Crippen LogP contribution < -0.4 is 4.74 Å². The zero-order chi connectivity index (χ0) is 33.7. The summed E-state index contributed by atoms with van der Waals surface area (Å²) < 4.78 is 12.3. The molecule has 2 amide bonds. The number of imide groups is 1. The van der Waals surface area contributed by atoms with Crippen LogP contribution in [0.25, 0.3) is 11.6 Å². The van der Waals surface area contributed by atoms with E-state index in [4.69, 9.17) is 14.5 Å². The van der Waals surface area contributed by atoms with E-state index in [0.717, 1.165) is 40.8 Å². The topological polar surface area (TPSA) is 146 Å². The molecule has 2 aromatic rings. The second-order valence-electron chi connectivity index (χ2n) is 12.6. The molecule has 250 valence electrons. The van der Waals surface area contributed by atoms with Crippen LogP contribution in [-0.2, 0) is 19.0 Å². The number of likely N-dealkylation sites (tertiary alicyclic amines) is 1. The SMILES string of the molecule is CCCC1=C2[C@@H](CC/C(=C/c3cc(I)c(O)c(OC)c3)c3ccccn3)OB(O)C[C@@H]2[C@@H]2C(=O)N(CCCCCC(=O)O)C(=O)[C@@H]2C1. The molecule has 0 bridgehead atoms. The maximum absolute atomic E-state index is 13.8. The molecule has 2 fully saturated rings. The van der Waals surface area contributed by atoms with Crippen molar-refractivity contribution in [3.63, 3.8) is 0 Å². The smallest absolute Gasteiger partial charge is 0.455 e. The molecule has 10 nitrogen and oxygen atoms in total. The summed E-state index contributed by atoms with van der Waals surface area (Å²) in [4.78, 5) is 44.3. The van der Waals surface area contributed by atoms with E-state index < -0.39 is 31.0 Å². The number of benzene rings is 1. The molecular weight excluding hydrogens is 714 g/mol. The van der Waals surface area contributed by atoms with E-state index in [1.807, 2.05) is 30.3 Å². The number of unbranched alkanes of at least 4 members (excludes halogenated alkanes) is 2. The van der Waals surface area contributed by atoms with Gasteiger partial charge < -0.3 is 24.6 Å². The van der Waals surface area contributed by atoms with Crippen molar-refractivity contribution in [1.82, 2.24) is 9.88 Å². The summed E-state index contributed by atoms with van der Waals surface area (Å²) >= 11 is 2.07. The third-order valence-corrected chi connectivity index (χ3v) is 10.3. The Kier molecular flexibility index (Phi) is 11.8. The lowest BCUT2D eigenvalue weighted by Crippen LogP contribution is -2.46. The van der Waals surface area contributed by atoms with Crippen molar-refractivity contribution >= 4 is 59.1 Å².